The van der Waals surface area contributed by atoms with Crippen molar-refractivity contribution in [2.75, 3.05) is 27.3 Å². The Balaban J connectivity index is 1.69. The summed E-state index contributed by atoms with van der Waals surface area (Å²) < 4.78 is 38.8. The van der Waals surface area contributed by atoms with E-state index in [1.807, 2.05) is 11.8 Å². The maximum atomic E-state index is 14.5. The number of amides is 1. The van der Waals surface area contributed by atoms with Gasteiger partial charge in [0.1, 0.15) is 11.6 Å². The van der Waals surface area contributed by atoms with Crippen molar-refractivity contribution in [2.45, 2.75) is 70.0 Å². The minimum Gasteiger partial charge on any atom is -0.493 e. The molecule has 2 aromatic carbocycles. The second-order valence-electron chi connectivity index (χ2n) is 10.9. The maximum absolute atomic E-state index is 14.5. The fourth-order valence-corrected chi connectivity index (χ4v) is 5.99. The molecule has 1 saturated carbocycles. The van der Waals surface area contributed by atoms with Gasteiger partial charge in [-0.1, -0.05) is 11.6 Å². The highest BCUT2D eigenvalue weighted by molar-refractivity contribution is 5.95. The zero-order chi connectivity index (χ0) is 27.9. The molecular weight excluding hydrogens is 500 g/mol. The van der Waals surface area contributed by atoms with Crippen LogP contribution in [-0.2, 0) is 0 Å². The number of benzene rings is 2. The lowest BCUT2D eigenvalue weighted by atomic mass is 9.80. The Morgan fingerprint density at radius 2 is 1.82 bits per heavy atom. The number of ether oxygens (including phenoxy) is 2. The molecule has 2 aromatic rings. The molecule has 212 valence electrons. The number of rotatable bonds is 10. The largest absolute Gasteiger partial charge is 0.493 e. The third-order valence-corrected chi connectivity index (χ3v) is 8.10. The Labute approximate surface area is 230 Å². The van der Waals surface area contributed by atoms with E-state index in [2.05, 4.69) is 5.32 Å². The molecule has 4 rings (SSSR count). The van der Waals surface area contributed by atoms with Crippen LogP contribution in [0.2, 0.25) is 0 Å². The van der Waals surface area contributed by atoms with E-state index in [1.165, 1.54) is 12.1 Å². The Hall–Kier alpha value is -2.97. The smallest absolute Gasteiger partial charge is 0.254 e. The molecule has 1 unspecified atom stereocenters. The summed E-state index contributed by atoms with van der Waals surface area (Å²) in [5.74, 6) is 0.162. The van der Waals surface area contributed by atoms with E-state index < -0.39 is 11.6 Å². The van der Waals surface area contributed by atoms with Crippen molar-refractivity contribution in [3.8, 4) is 11.5 Å². The van der Waals surface area contributed by atoms with Crippen LogP contribution < -0.4 is 20.5 Å². The van der Waals surface area contributed by atoms with Gasteiger partial charge < -0.3 is 25.4 Å². The number of nitrogens with two attached hydrogens (primary N) is 1. The first-order valence-corrected chi connectivity index (χ1v) is 13.9. The molecular formula is C31H41F2N3O3. The molecule has 1 aliphatic carbocycles. The van der Waals surface area contributed by atoms with E-state index >= 15 is 0 Å². The van der Waals surface area contributed by atoms with Crippen molar-refractivity contribution in [2.24, 2.45) is 11.7 Å². The molecule has 1 saturated heterocycles. The number of nitrogens with zero attached hydrogens (tertiary/aromatic N) is 1. The number of carbonyl (C=O) groups excluding carboxylic acids is 1. The topological polar surface area (TPSA) is 76.8 Å². The van der Waals surface area contributed by atoms with Gasteiger partial charge in [0.05, 0.1) is 14.2 Å². The van der Waals surface area contributed by atoms with Gasteiger partial charge in [0, 0.05) is 41.9 Å². The highest BCUT2D eigenvalue weighted by Crippen LogP contribution is 2.33. The first-order valence-electron chi connectivity index (χ1n) is 13.9. The highest BCUT2D eigenvalue weighted by Gasteiger charge is 2.36. The van der Waals surface area contributed by atoms with Crippen LogP contribution in [0.3, 0.4) is 0 Å². The Bertz CT molecular complexity index is 1160. The SMILES string of the molecule is COc1ccc(C(=O)N(C/C(C)=C/c2ccc(F)cc2F)[C@@H](CC2CCC(N)CC2)C2CCCN2)cc1OC. The van der Waals surface area contributed by atoms with E-state index in [0.717, 1.165) is 63.1 Å². The number of methoxy groups -OCH3 is 2. The third-order valence-electron chi connectivity index (χ3n) is 8.10. The molecule has 8 heteroatoms. The van der Waals surface area contributed by atoms with Gasteiger partial charge >= 0.3 is 0 Å². The molecule has 0 spiro atoms. The predicted octanol–water partition coefficient (Wildman–Crippen LogP) is 5.56. The van der Waals surface area contributed by atoms with Gasteiger partial charge in [-0.25, -0.2) is 8.78 Å². The summed E-state index contributed by atoms with van der Waals surface area (Å²) >= 11 is 0. The number of hydrogen-bond acceptors (Lipinski definition) is 5. The second-order valence-corrected chi connectivity index (χ2v) is 10.9. The van der Waals surface area contributed by atoms with Crippen molar-refractivity contribution in [3.05, 3.63) is 64.7 Å². The molecule has 1 heterocycles. The van der Waals surface area contributed by atoms with Gasteiger partial charge in [0.25, 0.3) is 5.91 Å². The Kier molecular flexibility index (Phi) is 9.97. The summed E-state index contributed by atoms with van der Waals surface area (Å²) in [6.07, 6.45) is 8.73. The van der Waals surface area contributed by atoms with Crippen molar-refractivity contribution >= 4 is 12.0 Å². The van der Waals surface area contributed by atoms with Crippen molar-refractivity contribution in [1.29, 1.82) is 0 Å². The van der Waals surface area contributed by atoms with Gasteiger partial charge in [-0.2, -0.15) is 0 Å². The van der Waals surface area contributed by atoms with Crippen LogP contribution in [0.5, 0.6) is 11.5 Å². The molecule has 3 N–H and O–H groups in total. The minimum absolute atomic E-state index is 0.0474. The lowest BCUT2D eigenvalue weighted by Gasteiger charge is -2.39. The first-order chi connectivity index (χ1) is 18.8. The summed E-state index contributed by atoms with van der Waals surface area (Å²) in [5.41, 5.74) is 7.79. The molecule has 1 amide bonds. The van der Waals surface area contributed by atoms with Crippen molar-refractivity contribution in [3.63, 3.8) is 0 Å². The van der Waals surface area contributed by atoms with Crippen LogP contribution in [0, 0.1) is 17.6 Å². The monoisotopic (exact) mass is 541 g/mol. The molecule has 39 heavy (non-hydrogen) atoms. The normalized spacial score (nSPS) is 22.4. The summed E-state index contributed by atoms with van der Waals surface area (Å²) in [5, 5.41) is 3.64. The second kappa shape index (κ2) is 13.4. The van der Waals surface area contributed by atoms with E-state index in [-0.39, 0.29) is 24.0 Å². The fourth-order valence-electron chi connectivity index (χ4n) is 5.99. The third kappa shape index (κ3) is 7.37. The first kappa shape index (κ1) is 29.0. The number of carbonyl (C=O) groups is 1. The fraction of sp³-hybridized carbons (Fsp3) is 0.516. The zero-order valence-corrected chi connectivity index (χ0v) is 23.2. The zero-order valence-electron chi connectivity index (χ0n) is 23.2. The van der Waals surface area contributed by atoms with Crippen LogP contribution >= 0.6 is 0 Å². The summed E-state index contributed by atoms with van der Waals surface area (Å²) in [6, 6.07) is 9.14. The maximum Gasteiger partial charge on any atom is 0.254 e. The lowest BCUT2D eigenvalue weighted by molar-refractivity contribution is 0.0615. The van der Waals surface area contributed by atoms with E-state index in [0.29, 0.717) is 35.1 Å². The van der Waals surface area contributed by atoms with Crippen LogP contribution in [0.25, 0.3) is 6.08 Å². The standard InChI is InChI=1S/C31H41F2N3O3/c1-20(15-22-8-10-24(32)18-26(22)33)19-36(31(37)23-9-13-29(38-2)30(17-23)39-3)28(27-5-4-14-35-27)16-21-6-11-25(34)12-7-21/h8-10,13,15,17-18,21,25,27-28,35H,4-7,11-12,14,16,19,34H2,1-3H3/b20-15+/t21?,25?,27?,28-/m0/s1. The average molecular weight is 542 g/mol. The van der Waals surface area contributed by atoms with Gasteiger partial charge in [-0.3, -0.25) is 4.79 Å². The van der Waals surface area contributed by atoms with Crippen LogP contribution in [-0.4, -0.2) is 56.2 Å². The molecule has 0 bridgehead atoms. The van der Waals surface area contributed by atoms with E-state index in [4.69, 9.17) is 15.2 Å². The van der Waals surface area contributed by atoms with E-state index in [9.17, 15) is 13.6 Å². The van der Waals surface area contributed by atoms with Crippen LogP contribution in [0.4, 0.5) is 8.78 Å². The molecule has 6 nitrogen and oxygen atoms in total. The predicted molar refractivity (Wildman–Crippen MR) is 150 cm³/mol. The van der Waals surface area contributed by atoms with Gasteiger partial charge in [0.2, 0.25) is 0 Å². The van der Waals surface area contributed by atoms with Crippen molar-refractivity contribution < 1.29 is 23.0 Å². The quantitative estimate of drug-likeness (QED) is 0.412. The van der Waals surface area contributed by atoms with Gasteiger partial charge in [0.15, 0.2) is 11.5 Å². The number of nitrogens with one attached hydrogen (secondary N) is 1. The highest BCUT2D eigenvalue weighted by atomic mass is 19.1. The van der Waals surface area contributed by atoms with Crippen LogP contribution in [0.1, 0.15) is 67.8 Å². The summed E-state index contributed by atoms with van der Waals surface area (Å²) in [4.78, 5) is 16.2. The lowest BCUT2D eigenvalue weighted by Crippen LogP contribution is -2.52. The Morgan fingerprint density at radius 3 is 2.46 bits per heavy atom. The molecule has 0 aromatic heterocycles. The minimum atomic E-state index is -0.625. The van der Waals surface area contributed by atoms with Crippen LogP contribution in [0.15, 0.2) is 42.0 Å². The molecule has 0 radical (unpaired) electrons. The Morgan fingerprint density at radius 1 is 1.08 bits per heavy atom. The summed E-state index contributed by atoms with van der Waals surface area (Å²) in [7, 11) is 3.11. The number of halogens is 2. The molecule has 2 fully saturated rings. The van der Waals surface area contributed by atoms with Gasteiger partial charge in [-0.15, -0.1) is 0 Å². The van der Waals surface area contributed by atoms with E-state index in [1.54, 1.807) is 38.5 Å². The average Bonchev–Trinajstić information content (AvgIpc) is 3.47. The number of hydrogen-bond donors (Lipinski definition) is 2. The van der Waals surface area contributed by atoms with Gasteiger partial charge in [-0.05, 0) is 94.7 Å². The van der Waals surface area contributed by atoms with Crippen molar-refractivity contribution in [1.82, 2.24) is 10.2 Å². The molecule has 2 atom stereocenters. The molecule has 1 aliphatic heterocycles. The molecule has 2 aliphatic rings. The summed E-state index contributed by atoms with van der Waals surface area (Å²) in [6.45, 7) is 3.13.